The molecule has 1 aliphatic rings. The van der Waals surface area contributed by atoms with Gasteiger partial charge in [-0.2, -0.15) is 0 Å². The first-order valence-electron chi connectivity index (χ1n) is 6.43. The average Bonchev–Trinajstić information content (AvgIpc) is 2.38. The van der Waals surface area contributed by atoms with Crippen LogP contribution in [-0.4, -0.2) is 43.0 Å². The van der Waals surface area contributed by atoms with E-state index in [0.29, 0.717) is 6.54 Å². The number of nitrogens with two attached hydrogens (primary N) is 1. The van der Waals surface area contributed by atoms with Crippen LogP contribution in [0.3, 0.4) is 0 Å². The van der Waals surface area contributed by atoms with Crippen molar-refractivity contribution >= 4 is 5.91 Å². The molecular weight excluding hydrogens is 226 g/mol. The Bertz CT molecular complexity index is 424. The van der Waals surface area contributed by atoms with Gasteiger partial charge in [-0.3, -0.25) is 4.79 Å². The summed E-state index contributed by atoms with van der Waals surface area (Å²) in [5, 5.41) is 3.28. The van der Waals surface area contributed by atoms with E-state index >= 15 is 0 Å². The zero-order valence-electron chi connectivity index (χ0n) is 11.1. The van der Waals surface area contributed by atoms with Crippen LogP contribution in [0, 0.1) is 13.8 Å². The molecule has 0 radical (unpaired) electrons. The topological polar surface area (TPSA) is 58.4 Å². The molecule has 1 saturated heterocycles. The fraction of sp³-hybridized carbons (Fsp3) is 0.500. The van der Waals surface area contributed by atoms with Crippen molar-refractivity contribution < 1.29 is 4.79 Å². The van der Waals surface area contributed by atoms with Gasteiger partial charge in [-0.05, 0) is 25.0 Å². The van der Waals surface area contributed by atoms with E-state index in [1.54, 1.807) is 0 Å². The van der Waals surface area contributed by atoms with Gasteiger partial charge in [0.05, 0.1) is 6.04 Å². The summed E-state index contributed by atoms with van der Waals surface area (Å²) < 4.78 is 0. The number of benzene rings is 1. The van der Waals surface area contributed by atoms with Gasteiger partial charge in [0, 0.05) is 31.7 Å². The normalized spacial score (nSPS) is 19.9. The fourth-order valence-electron chi connectivity index (χ4n) is 2.53. The highest BCUT2D eigenvalue weighted by Crippen LogP contribution is 2.17. The molecule has 1 fully saturated rings. The first-order valence-corrected chi connectivity index (χ1v) is 6.43. The number of carbonyl (C=O) groups is 1. The van der Waals surface area contributed by atoms with Crippen LogP contribution in [0.25, 0.3) is 0 Å². The standard InChI is InChI=1S/C14H21N3O/c1-10-4-3-5-11(2)13(10)14(18)17-7-6-16-9-12(17)8-15/h3-5,12,16H,6-9,15H2,1-2H3. The van der Waals surface area contributed by atoms with E-state index in [2.05, 4.69) is 5.32 Å². The van der Waals surface area contributed by atoms with Crippen molar-refractivity contribution in [3.05, 3.63) is 34.9 Å². The van der Waals surface area contributed by atoms with Crippen molar-refractivity contribution in [3.8, 4) is 0 Å². The van der Waals surface area contributed by atoms with Gasteiger partial charge < -0.3 is 16.0 Å². The summed E-state index contributed by atoms with van der Waals surface area (Å²) in [7, 11) is 0. The predicted octanol–water partition coefficient (Wildman–Crippen LogP) is 0.676. The predicted molar refractivity (Wildman–Crippen MR) is 72.7 cm³/mol. The Kier molecular flexibility index (Phi) is 3.99. The molecule has 1 aromatic carbocycles. The van der Waals surface area contributed by atoms with Crippen LogP contribution in [-0.2, 0) is 0 Å². The number of aryl methyl sites for hydroxylation is 2. The van der Waals surface area contributed by atoms with E-state index < -0.39 is 0 Å². The molecule has 4 heteroatoms. The number of nitrogens with zero attached hydrogens (tertiary/aromatic N) is 1. The van der Waals surface area contributed by atoms with E-state index in [1.807, 2.05) is 36.9 Å². The van der Waals surface area contributed by atoms with Crippen LogP contribution < -0.4 is 11.1 Å². The van der Waals surface area contributed by atoms with Gasteiger partial charge in [-0.25, -0.2) is 0 Å². The maximum absolute atomic E-state index is 12.7. The number of hydrogen-bond donors (Lipinski definition) is 2. The summed E-state index contributed by atoms with van der Waals surface area (Å²) >= 11 is 0. The van der Waals surface area contributed by atoms with Crippen LogP contribution in [0.5, 0.6) is 0 Å². The third kappa shape index (κ3) is 2.40. The minimum Gasteiger partial charge on any atom is -0.332 e. The van der Waals surface area contributed by atoms with Crippen molar-refractivity contribution in [2.24, 2.45) is 5.73 Å². The molecule has 1 atom stereocenters. The minimum absolute atomic E-state index is 0.102. The number of carbonyl (C=O) groups excluding carboxylic acids is 1. The maximum atomic E-state index is 12.7. The molecule has 18 heavy (non-hydrogen) atoms. The molecule has 1 unspecified atom stereocenters. The Morgan fingerprint density at radius 2 is 2.11 bits per heavy atom. The Balaban J connectivity index is 2.30. The van der Waals surface area contributed by atoms with Gasteiger partial charge in [-0.15, -0.1) is 0 Å². The zero-order valence-corrected chi connectivity index (χ0v) is 11.1. The second kappa shape index (κ2) is 5.50. The van der Waals surface area contributed by atoms with Gasteiger partial charge in [0.1, 0.15) is 0 Å². The highest BCUT2D eigenvalue weighted by molar-refractivity contribution is 5.97. The molecule has 0 aromatic heterocycles. The van der Waals surface area contributed by atoms with E-state index in [4.69, 9.17) is 5.73 Å². The lowest BCUT2D eigenvalue weighted by Crippen LogP contribution is -2.56. The number of nitrogens with one attached hydrogen (secondary N) is 1. The fourth-order valence-corrected chi connectivity index (χ4v) is 2.53. The Morgan fingerprint density at radius 1 is 1.44 bits per heavy atom. The lowest BCUT2D eigenvalue weighted by molar-refractivity contribution is 0.0643. The van der Waals surface area contributed by atoms with Crippen LogP contribution in [0.15, 0.2) is 18.2 Å². The largest absolute Gasteiger partial charge is 0.332 e. The average molecular weight is 247 g/mol. The number of rotatable bonds is 2. The Morgan fingerprint density at radius 3 is 2.72 bits per heavy atom. The van der Waals surface area contributed by atoms with E-state index in [1.165, 1.54) is 0 Å². The van der Waals surface area contributed by atoms with Crippen LogP contribution in [0.4, 0.5) is 0 Å². The second-order valence-corrected chi connectivity index (χ2v) is 4.86. The highest BCUT2D eigenvalue weighted by atomic mass is 16.2. The summed E-state index contributed by atoms with van der Waals surface area (Å²) in [4.78, 5) is 14.6. The molecule has 1 aromatic rings. The van der Waals surface area contributed by atoms with Gasteiger partial charge in [0.25, 0.3) is 5.91 Å². The maximum Gasteiger partial charge on any atom is 0.254 e. The zero-order chi connectivity index (χ0) is 13.1. The molecule has 4 nitrogen and oxygen atoms in total. The SMILES string of the molecule is Cc1cccc(C)c1C(=O)N1CCNCC1CN. The van der Waals surface area contributed by atoms with Crippen molar-refractivity contribution in [1.29, 1.82) is 0 Å². The second-order valence-electron chi connectivity index (χ2n) is 4.86. The molecule has 0 saturated carbocycles. The Hall–Kier alpha value is -1.39. The van der Waals surface area contributed by atoms with E-state index in [9.17, 15) is 4.79 Å². The Labute approximate surface area is 108 Å². The first-order chi connectivity index (χ1) is 8.65. The summed E-state index contributed by atoms with van der Waals surface area (Å²) in [5.74, 6) is 0.113. The third-order valence-electron chi connectivity index (χ3n) is 3.58. The van der Waals surface area contributed by atoms with Crippen molar-refractivity contribution in [2.45, 2.75) is 19.9 Å². The molecule has 1 aliphatic heterocycles. The molecule has 3 N–H and O–H groups in total. The van der Waals surface area contributed by atoms with E-state index in [-0.39, 0.29) is 11.9 Å². The van der Waals surface area contributed by atoms with Gasteiger partial charge in [-0.1, -0.05) is 18.2 Å². The monoisotopic (exact) mass is 247 g/mol. The van der Waals surface area contributed by atoms with Crippen LogP contribution in [0.2, 0.25) is 0 Å². The summed E-state index contributed by atoms with van der Waals surface area (Å²) in [6.07, 6.45) is 0. The van der Waals surface area contributed by atoms with Crippen molar-refractivity contribution in [3.63, 3.8) is 0 Å². The number of hydrogen-bond acceptors (Lipinski definition) is 3. The van der Waals surface area contributed by atoms with Crippen molar-refractivity contribution in [1.82, 2.24) is 10.2 Å². The molecule has 0 spiro atoms. The summed E-state index contributed by atoms with van der Waals surface area (Å²) in [5.41, 5.74) is 8.66. The first kappa shape index (κ1) is 13.1. The summed E-state index contributed by atoms with van der Waals surface area (Å²) in [6, 6.07) is 6.06. The molecule has 1 heterocycles. The highest BCUT2D eigenvalue weighted by Gasteiger charge is 2.27. The molecular formula is C14H21N3O. The molecule has 98 valence electrons. The van der Waals surface area contributed by atoms with Gasteiger partial charge >= 0.3 is 0 Å². The molecule has 2 rings (SSSR count). The van der Waals surface area contributed by atoms with Gasteiger partial charge in [0.15, 0.2) is 0 Å². The lowest BCUT2D eigenvalue weighted by atomic mass is 10.0. The smallest absolute Gasteiger partial charge is 0.254 e. The number of amides is 1. The van der Waals surface area contributed by atoms with Crippen LogP contribution >= 0.6 is 0 Å². The molecule has 1 amide bonds. The molecule has 0 bridgehead atoms. The third-order valence-corrected chi connectivity index (χ3v) is 3.58. The van der Waals surface area contributed by atoms with Crippen LogP contribution in [0.1, 0.15) is 21.5 Å². The lowest BCUT2D eigenvalue weighted by Gasteiger charge is -2.36. The number of piperazine rings is 1. The van der Waals surface area contributed by atoms with Crippen molar-refractivity contribution in [2.75, 3.05) is 26.2 Å². The molecule has 0 aliphatic carbocycles. The van der Waals surface area contributed by atoms with E-state index in [0.717, 1.165) is 36.3 Å². The minimum atomic E-state index is 0.102. The summed E-state index contributed by atoms with van der Waals surface area (Å²) in [6.45, 7) is 6.83. The quantitative estimate of drug-likeness (QED) is 0.808. The van der Waals surface area contributed by atoms with Gasteiger partial charge in [0.2, 0.25) is 0 Å².